The fourth-order valence-electron chi connectivity index (χ4n) is 3.84. The molecule has 1 fully saturated rings. The van der Waals surface area contributed by atoms with Crippen LogP contribution < -0.4 is 5.32 Å². The first-order valence-corrected chi connectivity index (χ1v) is 7.22. The molecule has 1 atom stereocenters. The van der Waals surface area contributed by atoms with Crippen LogP contribution in [0, 0.1) is 13.8 Å². The van der Waals surface area contributed by atoms with Crippen molar-refractivity contribution in [2.24, 2.45) is 0 Å². The van der Waals surface area contributed by atoms with Crippen LogP contribution in [-0.4, -0.2) is 30.9 Å². The molecule has 0 aliphatic carbocycles. The van der Waals surface area contributed by atoms with Gasteiger partial charge in [0.2, 0.25) is 0 Å². The van der Waals surface area contributed by atoms with Crippen molar-refractivity contribution in [3.8, 4) is 0 Å². The van der Waals surface area contributed by atoms with Gasteiger partial charge in [0.05, 0.1) is 0 Å². The van der Waals surface area contributed by atoms with E-state index in [9.17, 15) is 4.79 Å². The lowest BCUT2D eigenvalue weighted by Crippen LogP contribution is -2.33. The Labute approximate surface area is 115 Å². The molecule has 3 nitrogen and oxygen atoms in total. The average Bonchev–Trinajstić information content (AvgIpc) is 2.89. The van der Waals surface area contributed by atoms with Crippen molar-refractivity contribution in [2.45, 2.75) is 39.2 Å². The van der Waals surface area contributed by atoms with Gasteiger partial charge in [0, 0.05) is 25.2 Å². The third kappa shape index (κ3) is 1.88. The molecular weight excluding hydrogens is 236 g/mol. The molecule has 3 rings (SSSR count). The van der Waals surface area contributed by atoms with Gasteiger partial charge in [-0.15, -0.1) is 0 Å². The van der Waals surface area contributed by atoms with Gasteiger partial charge in [0.25, 0.3) is 5.91 Å². The maximum atomic E-state index is 12.0. The molecular formula is C16H22N2O. The van der Waals surface area contributed by atoms with E-state index in [-0.39, 0.29) is 5.91 Å². The van der Waals surface area contributed by atoms with Crippen LogP contribution in [0.2, 0.25) is 0 Å². The van der Waals surface area contributed by atoms with Gasteiger partial charge in [0.15, 0.2) is 0 Å². The fourth-order valence-corrected chi connectivity index (χ4v) is 3.84. The highest BCUT2D eigenvalue weighted by molar-refractivity contribution is 5.96. The van der Waals surface area contributed by atoms with E-state index in [0.29, 0.717) is 6.04 Å². The van der Waals surface area contributed by atoms with Crippen molar-refractivity contribution in [3.63, 3.8) is 0 Å². The highest BCUT2D eigenvalue weighted by Gasteiger charge is 2.33. The van der Waals surface area contributed by atoms with Crippen molar-refractivity contribution < 1.29 is 4.79 Å². The fraction of sp³-hybridized carbons (Fsp3) is 0.562. The molecule has 1 aromatic carbocycles. The average molecular weight is 258 g/mol. The number of fused-ring (bicyclic) bond motifs is 3. The summed E-state index contributed by atoms with van der Waals surface area (Å²) in [4.78, 5) is 14.6. The van der Waals surface area contributed by atoms with Gasteiger partial charge in [-0.05, 0) is 68.0 Å². The first-order valence-electron chi connectivity index (χ1n) is 7.22. The Kier molecular flexibility index (Phi) is 3.09. The third-order valence-electron chi connectivity index (χ3n) is 4.79. The summed E-state index contributed by atoms with van der Waals surface area (Å²) >= 11 is 0. The maximum absolute atomic E-state index is 12.0. The largest absolute Gasteiger partial charge is 0.355 e. The Hall–Kier alpha value is -1.35. The van der Waals surface area contributed by atoms with E-state index in [2.05, 4.69) is 30.1 Å². The second-order valence-electron chi connectivity index (χ2n) is 5.78. The number of nitrogens with one attached hydrogen (secondary N) is 1. The third-order valence-corrected chi connectivity index (χ3v) is 4.79. The molecule has 1 unspecified atom stereocenters. The van der Waals surface area contributed by atoms with E-state index in [1.165, 1.54) is 41.6 Å². The number of hydrogen-bond acceptors (Lipinski definition) is 2. The quantitative estimate of drug-likeness (QED) is 0.838. The molecule has 102 valence electrons. The van der Waals surface area contributed by atoms with E-state index in [1.54, 1.807) is 7.05 Å². The van der Waals surface area contributed by atoms with E-state index >= 15 is 0 Å². The van der Waals surface area contributed by atoms with Crippen LogP contribution in [0.15, 0.2) is 6.07 Å². The lowest BCUT2D eigenvalue weighted by atomic mass is 9.84. The van der Waals surface area contributed by atoms with E-state index in [1.807, 2.05) is 0 Å². The Morgan fingerprint density at radius 2 is 2.16 bits per heavy atom. The zero-order valence-electron chi connectivity index (χ0n) is 12.0. The van der Waals surface area contributed by atoms with Crippen molar-refractivity contribution in [2.75, 3.05) is 20.1 Å². The second-order valence-corrected chi connectivity index (χ2v) is 5.78. The minimum Gasteiger partial charge on any atom is -0.355 e. The van der Waals surface area contributed by atoms with E-state index in [0.717, 1.165) is 18.5 Å². The van der Waals surface area contributed by atoms with E-state index < -0.39 is 0 Å². The number of aryl methyl sites for hydroxylation is 1. The summed E-state index contributed by atoms with van der Waals surface area (Å²) in [6.07, 6.45) is 3.66. The number of carbonyl (C=O) groups is 1. The molecule has 0 bridgehead atoms. The molecule has 2 aliphatic rings. The Balaban J connectivity index is 2.14. The number of nitrogens with zero attached hydrogens (tertiary/aromatic N) is 1. The summed E-state index contributed by atoms with van der Waals surface area (Å²) in [5, 5.41) is 2.75. The van der Waals surface area contributed by atoms with Crippen molar-refractivity contribution >= 4 is 5.91 Å². The lowest BCUT2D eigenvalue weighted by molar-refractivity contribution is 0.0962. The smallest absolute Gasteiger partial charge is 0.251 e. The first kappa shape index (κ1) is 12.7. The molecule has 1 aromatic rings. The minimum atomic E-state index is 0.0391. The summed E-state index contributed by atoms with van der Waals surface area (Å²) in [6, 6.07) is 2.68. The first-order chi connectivity index (χ1) is 9.13. The predicted octanol–water partition coefficient (Wildman–Crippen LogP) is 2.36. The molecule has 1 N–H and O–H groups in total. The van der Waals surface area contributed by atoms with Crippen LogP contribution in [0.4, 0.5) is 0 Å². The summed E-state index contributed by atoms with van der Waals surface area (Å²) in [5.74, 6) is 0.0391. The molecule has 1 saturated heterocycles. The molecule has 3 heteroatoms. The van der Waals surface area contributed by atoms with Crippen molar-refractivity contribution in [1.29, 1.82) is 0 Å². The molecule has 1 amide bonds. The van der Waals surface area contributed by atoms with Gasteiger partial charge in [-0.2, -0.15) is 0 Å². The number of amides is 1. The van der Waals surface area contributed by atoms with Gasteiger partial charge in [-0.3, -0.25) is 9.69 Å². The van der Waals surface area contributed by atoms with Gasteiger partial charge in [0.1, 0.15) is 0 Å². The standard InChI is InChI=1S/C16H22N2O/c1-10-9-13(16(19)17-3)11(2)12-6-8-18-7-4-5-14(18)15(10)12/h9,14H,4-8H2,1-3H3,(H,17,19). The lowest BCUT2D eigenvalue weighted by Gasteiger charge is -2.34. The van der Waals surface area contributed by atoms with Gasteiger partial charge < -0.3 is 5.32 Å². The maximum Gasteiger partial charge on any atom is 0.251 e. The van der Waals surface area contributed by atoms with Crippen LogP contribution in [0.3, 0.4) is 0 Å². The summed E-state index contributed by atoms with van der Waals surface area (Å²) < 4.78 is 0. The Bertz CT molecular complexity index is 536. The Morgan fingerprint density at radius 3 is 2.89 bits per heavy atom. The Morgan fingerprint density at radius 1 is 1.37 bits per heavy atom. The highest BCUT2D eigenvalue weighted by atomic mass is 16.1. The zero-order chi connectivity index (χ0) is 13.6. The number of carbonyl (C=O) groups excluding carboxylic acids is 1. The summed E-state index contributed by atoms with van der Waals surface area (Å²) in [7, 11) is 1.70. The van der Waals surface area contributed by atoms with Gasteiger partial charge in [-0.25, -0.2) is 0 Å². The minimum absolute atomic E-state index is 0.0391. The van der Waals surface area contributed by atoms with Gasteiger partial charge >= 0.3 is 0 Å². The summed E-state index contributed by atoms with van der Waals surface area (Å²) in [5.41, 5.74) is 6.27. The summed E-state index contributed by atoms with van der Waals surface area (Å²) in [6.45, 7) is 6.65. The van der Waals surface area contributed by atoms with E-state index in [4.69, 9.17) is 0 Å². The molecule has 2 heterocycles. The number of hydrogen-bond donors (Lipinski definition) is 1. The number of rotatable bonds is 1. The monoisotopic (exact) mass is 258 g/mol. The van der Waals surface area contributed by atoms with Gasteiger partial charge in [-0.1, -0.05) is 0 Å². The SMILES string of the molecule is CNC(=O)c1cc(C)c2c(c1C)CCN1CCCC21. The van der Waals surface area contributed by atoms with Crippen LogP contribution in [0.5, 0.6) is 0 Å². The topological polar surface area (TPSA) is 32.3 Å². The molecule has 2 aliphatic heterocycles. The predicted molar refractivity (Wildman–Crippen MR) is 76.6 cm³/mol. The van der Waals surface area contributed by atoms with Crippen LogP contribution >= 0.6 is 0 Å². The van der Waals surface area contributed by atoms with Crippen molar-refractivity contribution in [3.05, 3.63) is 33.9 Å². The zero-order valence-corrected chi connectivity index (χ0v) is 12.0. The molecule has 0 saturated carbocycles. The number of benzene rings is 1. The molecule has 0 spiro atoms. The highest BCUT2D eigenvalue weighted by Crippen LogP contribution is 2.41. The second kappa shape index (κ2) is 4.64. The van der Waals surface area contributed by atoms with Crippen LogP contribution in [0.1, 0.15) is 51.5 Å². The van der Waals surface area contributed by atoms with Crippen LogP contribution in [-0.2, 0) is 6.42 Å². The van der Waals surface area contributed by atoms with Crippen LogP contribution in [0.25, 0.3) is 0 Å². The van der Waals surface area contributed by atoms with Crippen molar-refractivity contribution in [1.82, 2.24) is 10.2 Å². The normalized spacial score (nSPS) is 21.9. The molecule has 19 heavy (non-hydrogen) atoms. The molecule has 0 radical (unpaired) electrons. The molecule has 0 aromatic heterocycles.